The van der Waals surface area contributed by atoms with Crippen molar-refractivity contribution in [2.24, 2.45) is 5.92 Å². The Balaban J connectivity index is 1.98. The summed E-state index contributed by atoms with van der Waals surface area (Å²) >= 11 is 0. The Hall–Kier alpha value is -1.19. The summed E-state index contributed by atoms with van der Waals surface area (Å²) in [6, 6.07) is 7.16. The summed E-state index contributed by atoms with van der Waals surface area (Å²) in [6.07, 6.45) is 4.14. The van der Waals surface area contributed by atoms with Gasteiger partial charge in [-0.3, -0.25) is 0 Å². The van der Waals surface area contributed by atoms with E-state index < -0.39 is 0 Å². The molecule has 0 saturated heterocycles. The summed E-state index contributed by atoms with van der Waals surface area (Å²) in [6.45, 7) is 11.0. The largest absolute Gasteiger partial charge is 0.365 e. The molecule has 0 amide bonds. The zero-order valence-electron chi connectivity index (χ0n) is 15.2. The highest BCUT2D eigenvalue weighted by atomic mass is 16.5. The highest BCUT2D eigenvalue weighted by Crippen LogP contribution is 2.30. The average Bonchev–Trinajstić information content (AvgIpc) is 2.49. The number of ether oxygens (including phenoxy) is 1. The first-order valence-corrected chi connectivity index (χ1v) is 8.76. The summed E-state index contributed by atoms with van der Waals surface area (Å²) in [5.41, 5.74) is 3.91. The van der Waals surface area contributed by atoms with Crippen LogP contribution in [0.1, 0.15) is 63.3 Å². The van der Waals surface area contributed by atoms with Crippen molar-refractivity contribution in [2.45, 2.75) is 71.6 Å². The van der Waals surface area contributed by atoms with Crippen LogP contribution >= 0.6 is 0 Å². The van der Waals surface area contributed by atoms with E-state index in [0.717, 1.165) is 19.3 Å². The normalized spacial score (nSPS) is 20.7. The molecule has 1 aromatic carbocycles. The van der Waals surface area contributed by atoms with Crippen LogP contribution in [-0.4, -0.2) is 24.5 Å². The van der Waals surface area contributed by atoms with E-state index in [0.29, 0.717) is 6.04 Å². The fourth-order valence-electron chi connectivity index (χ4n) is 3.26. The molecule has 0 spiro atoms. The molecule has 1 aliphatic carbocycles. The lowest BCUT2D eigenvalue weighted by atomic mass is 9.86. The van der Waals surface area contributed by atoms with Gasteiger partial charge in [0, 0.05) is 18.5 Å². The highest BCUT2D eigenvalue weighted by Gasteiger charge is 2.25. The highest BCUT2D eigenvalue weighted by molar-refractivity contribution is 5.56. The summed E-state index contributed by atoms with van der Waals surface area (Å²) in [7, 11) is 0. The minimum atomic E-state index is -0.358. The smallest absolute Gasteiger partial charge is 0.149 e. The summed E-state index contributed by atoms with van der Waals surface area (Å²) in [5.74, 6) is 0.155. The van der Waals surface area contributed by atoms with Crippen molar-refractivity contribution in [1.82, 2.24) is 5.32 Å². The Morgan fingerprint density at radius 1 is 1.39 bits per heavy atom. The van der Waals surface area contributed by atoms with Crippen LogP contribution in [0.4, 0.5) is 0 Å². The molecule has 3 unspecified atom stereocenters. The predicted octanol–water partition coefficient (Wildman–Crippen LogP) is 3.98. The van der Waals surface area contributed by atoms with Gasteiger partial charge >= 0.3 is 0 Å². The molecular weight excluding hydrogens is 286 g/mol. The molecule has 23 heavy (non-hydrogen) atoms. The average molecular weight is 317 g/mol. The molecule has 3 atom stereocenters. The second kappa shape index (κ2) is 7.59. The van der Waals surface area contributed by atoms with E-state index in [1.807, 2.05) is 20.8 Å². The number of hydrogen-bond acceptors (Lipinski definition) is 3. The van der Waals surface area contributed by atoms with Gasteiger partial charge in [0.15, 0.2) is 0 Å². The summed E-state index contributed by atoms with van der Waals surface area (Å²) < 4.78 is 5.87. The SMILES string of the molecule is Cc1ccc2c(c1)C(NCC(C)C(C=O)OC(C)(C)C)CCC2. The lowest BCUT2D eigenvalue weighted by molar-refractivity contribution is -0.133. The second-order valence-corrected chi connectivity index (χ2v) is 7.86. The van der Waals surface area contributed by atoms with Crippen LogP contribution in [0.5, 0.6) is 0 Å². The van der Waals surface area contributed by atoms with Crippen LogP contribution in [0.2, 0.25) is 0 Å². The van der Waals surface area contributed by atoms with Gasteiger partial charge in [0.05, 0.1) is 5.60 Å². The third kappa shape index (κ3) is 5.15. The van der Waals surface area contributed by atoms with Gasteiger partial charge in [0.25, 0.3) is 0 Å². The molecule has 1 aromatic rings. The van der Waals surface area contributed by atoms with E-state index in [9.17, 15) is 4.79 Å². The van der Waals surface area contributed by atoms with Crippen molar-refractivity contribution in [1.29, 1.82) is 0 Å². The zero-order valence-corrected chi connectivity index (χ0v) is 15.2. The number of carbonyl (C=O) groups is 1. The Labute approximate surface area is 140 Å². The molecule has 0 aliphatic heterocycles. The van der Waals surface area contributed by atoms with Crippen molar-refractivity contribution in [3.63, 3.8) is 0 Å². The van der Waals surface area contributed by atoms with Crippen molar-refractivity contribution in [3.8, 4) is 0 Å². The van der Waals surface area contributed by atoms with Crippen molar-refractivity contribution < 1.29 is 9.53 Å². The van der Waals surface area contributed by atoms with E-state index in [1.165, 1.54) is 29.5 Å². The van der Waals surface area contributed by atoms with Crippen LogP contribution in [0.25, 0.3) is 0 Å². The molecule has 0 saturated carbocycles. The van der Waals surface area contributed by atoms with E-state index in [4.69, 9.17) is 4.74 Å². The number of benzene rings is 1. The predicted molar refractivity (Wildman–Crippen MR) is 94.7 cm³/mol. The van der Waals surface area contributed by atoms with Crippen molar-refractivity contribution in [2.75, 3.05) is 6.54 Å². The molecule has 0 radical (unpaired) electrons. The van der Waals surface area contributed by atoms with Crippen LogP contribution in [-0.2, 0) is 16.0 Å². The standard InChI is InChI=1S/C20H31NO2/c1-14-9-10-16-7-6-8-18(17(16)11-14)21-12-15(2)19(13-22)23-20(3,4)5/h9-11,13,15,18-19,21H,6-8,12H2,1-5H3. The first-order valence-electron chi connectivity index (χ1n) is 8.76. The number of fused-ring (bicyclic) bond motifs is 1. The molecule has 128 valence electrons. The molecule has 1 aliphatic rings. The van der Waals surface area contributed by atoms with Crippen LogP contribution < -0.4 is 5.32 Å². The molecule has 0 aromatic heterocycles. The lowest BCUT2D eigenvalue weighted by Crippen LogP contribution is -2.39. The van der Waals surface area contributed by atoms with Gasteiger partial charge in [-0.15, -0.1) is 0 Å². The number of hydrogen-bond donors (Lipinski definition) is 1. The molecule has 2 rings (SSSR count). The topological polar surface area (TPSA) is 38.3 Å². The summed E-state index contributed by atoms with van der Waals surface area (Å²) in [4.78, 5) is 11.4. The van der Waals surface area contributed by atoms with Crippen molar-refractivity contribution >= 4 is 6.29 Å². The monoisotopic (exact) mass is 317 g/mol. The van der Waals surface area contributed by atoms with Gasteiger partial charge in [-0.25, -0.2) is 0 Å². The number of aryl methyl sites for hydroxylation is 2. The Morgan fingerprint density at radius 3 is 2.78 bits per heavy atom. The molecule has 0 bridgehead atoms. The Kier molecular flexibility index (Phi) is 5.99. The molecule has 0 fully saturated rings. The minimum Gasteiger partial charge on any atom is -0.365 e. The zero-order chi connectivity index (χ0) is 17.0. The first kappa shape index (κ1) is 18.2. The third-order valence-corrected chi connectivity index (χ3v) is 4.49. The van der Waals surface area contributed by atoms with Crippen LogP contribution in [0.3, 0.4) is 0 Å². The second-order valence-electron chi connectivity index (χ2n) is 7.86. The fraction of sp³-hybridized carbons (Fsp3) is 0.650. The van der Waals surface area contributed by atoms with E-state index in [2.05, 4.69) is 37.4 Å². The fourth-order valence-corrected chi connectivity index (χ4v) is 3.26. The maximum atomic E-state index is 11.4. The maximum Gasteiger partial charge on any atom is 0.149 e. The Bertz CT molecular complexity index is 533. The minimum absolute atomic E-state index is 0.155. The first-order chi connectivity index (χ1) is 10.8. The van der Waals surface area contributed by atoms with Crippen molar-refractivity contribution in [3.05, 3.63) is 34.9 Å². The van der Waals surface area contributed by atoms with Gasteiger partial charge in [0.1, 0.15) is 12.4 Å². The maximum absolute atomic E-state index is 11.4. The number of aldehydes is 1. The van der Waals surface area contributed by atoms with Crippen LogP contribution in [0.15, 0.2) is 18.2 Å². The Morgan fingerprint density at radius 2 is 2.13 bits per heavy atom. The number of rotatable bonds is 6. The van der Waals surface area contributed by atoms with E-state index >= 15 is 0 Å². The van der Waals surface area contributed by atoms with E-state index in [1.54, 1.807) is 0 Å². The van der Waals surface area contributed by atoms with Gasteiger partial charge in [-0.05, 0) is 58.1 Å². The van der Waals surface area contributed by atoms with Gasteiger partial charge in [-0.1, -0.05) is 30.7 Å². The summed E-state index contributed by atoms with van der Waals surface area (Å²) in [5, 5.41) is 3.67. The molecular formula is C20H31NO2. The lowest BCUT2D eigenvalue weighted by Gasteiger charge is -2.31. The number of carbonyl (C=O) groups excluding carboxylic acids is 1. The quantitative estimate of drug-likeness (QED) is 0.807. The van der Waals surface area contributed by atoms with E-state index in [-0.39, 0.29) is 17.6 Å². The van der Waals surface area contributed by atoms with Gasteiger partial charge in [0.2, 0.25) is 0 Å². The van der Waals surface area contributed by atoms with Gasteiger partial charge in [-0.2, -0.15) is 0 Å². The van der Waals surface area contributed by atoms with Gasteiger partial charge < -0.3 is 14.8 Å². The molecule has 3 heteroatoms. The number of nitrogens with one attached hydrogen (secondary N) is 1. The van der Waals surface area contributed by atoms with Crippen LogP contribution in [0, 0.1) is 12.8 Å². The molecule has 1 N–H and O–H groups in total. The molecule has 3 nitrogen and oxygen atoms in total. The third-order valence-electron chi connectivity index (χ3n) is 4.49. The molecule has 0 heterocycles.